The third-order valence-electron chi connectivity index (χ3n) is 2.69. The number of halogens is 1. The minimum absolute atomic E-state index is 0.0169. The summed E-state index contributed by atoms with van der Waals surface area (Å²) in [6, 6.07) is 0. The molecule has 1 fully saturated rings. The molecule has 0 atom stereocenters. The van der Waals surface area contributed by atoms with Crippen molar-refractivity contribution in [2.24, 2.45) is 5.41 Å². The quantitative estimate of drug-likeness (QED) is 0.713. The molecule has 0 aromatic carbocycles. The van der Waals surface area contributed by atoms with Crippen LogP contribution in [-0.2, 0) is 0 Å². The van der Waals surface area contributed by atoms with Crippen molar-refractivity contribution in [2.75, 3.05) is 24.2 Å². The standard InChI is InChI=1S/C9H13ClN4O/c10-6-3-12-8(11)14-7(6)13-4-9(5-15)1-2-9/h3,15H,1-2,4-5H2,(H3,11,12,13,14). The molecule has 15 heavy (non-hydrogen) atoms. The van der Waals surface area contributed by atoms with Crippen LogP contribution in [0.5, 0.6) is 0 Å². The van der Waals surface area contributed by atoms with E-state index >= 15 is 0 Å². The van der Waals surface area contributed by atoms with E-state index in [1.807, 2.05) is 0 Å². The third kappa shape index (κ3) is 2.30. The molecule has 82 valence electrons. The van der Waals surface area contributed by atoms with Gasteiger partial charge in [0, 0.05) is 12.0 Å². The molecule has 0 saturated heterocycles. The summed E-state index contributed by atoms with van der Waals surface area (Å²) >= 11 is 5.88. The Labute approximate surface area is 92.7 Å². The molecule has 5 nitrogen and oxygen atoms in total. The van der Waals surface area contributed by atoms with Crippen molar-refractivity contribution in [3.8, 4) is 0 Å². The number of nitrogens with one attached hydrogen (secondary N) is 1. The smallest absolute Gasteiger partial charge is 0.222 e. The average molecular weight is 229 g/mol. The second-order valence-electron chi connectivity index (χ2n) is 3.94. The maximum Gasteiger partial charge on any atom is 0.222 e. The zero-order valence-corrected chi connectivity index (χ0v) is 8.96. The predicted octanol–water partition coefficient (Wildman–Crippen LogP) is 0.897. The van der Waals surface area contributed by atoms with Gasteiger partial charge in [-0.3, -0.25) is 0 Å². The molecule has 1 aliphatic carbocycles. The van der Waals surface area contributed by atoms with Crippen molar-refractivity contribution in [2.45, 2.75) is 12.8 Å². The second kappa shape index (κ2) is 3.83. The summed E-state index contributed by atoms with van der Waals surface area (Å²) in [4.78, 5) is 7.74. The number of aliphatic hydroxyl groups is 1. The Hall–Kier alpha value is -1.07. The van der Waals surface area contributed by atoms with E-state index in [1.54, 1.807) is 0 Å². The Balaban J connectivity index is 2.01. The lowest BCUT2D eigenvalue weighted by Crippen LogP contribution is -2.20. The monoisotopic (exact) mass is 228 g/mol. The van der Waals surface area contributed by atoms with Crippen LogP contribution >= 0.6 is 11.6 Å². The molecule has 1 aromatic rings. The van der Waals surface area contributed by atoms with E-state index in [0.717, 1.165) is 12.8 Å². The maximum atomic E-state index is 9.13. The van der Waals surface area contributed by atoms with Gasteiger partial charge in [0.2, 0.25) is 5.95 Å². The van der Waals surface area contributed by atoms with Crippen LogP contribution in [0.2, 0.25) is 5.02 Å². The summed E-state index contributed by atoms with van der Waals surface area (Å²) in [5.74, 6) is 0.722. The lowest BCUT2D eigenvalue weighted by Gasteiger charge is -2.13. The summed E-state index contributed by atoms with van der Waals surface area (Å²) < 4.78 is 0. The lowest BCUT2D eigenvalue weighted by atomic mass is 10.1. The van der Waals surface area contributed by atoms with Crippen LogP contribution < -0.4 is 11.1 Å². The Morgan fingerprint density at radius 3 is 2.93 bits per heavy atom. The number of nitrogen functional groups attached to an aromatic ring is 1. The summed E-state index contributed by atoms with van der Waals surface area (Å²) in [5, 5.41) is 12.7. The fourth-order valence-corrected chi connectivity index (χ4v) is 1.50. The number of nitrogens with two attached hydrogens (primary N) is 1. The fourth-order valence-electron chi connectivity index (χ4n) is 1.34. The zero-order valence-electron chi connectivity index (χ0n) is 8.20. The van der Waals surface area contributed by atoms with Gasteiger partial charge in [-0.05, 0) is 12.8 Å². The largest absolute Gasteiger partial charge is 0.396 e. The highest BCUT2D eigenvalue weighted by Gasteiger charge is 2.41. The van der Waals surface area contributed by atoms with E-state index in [9.17, 15) is 0 Å². The number of hydrogen-bond donors (Lipinski definition) is 3. The number of rotatable bonds is 4. The first-order valence-electron chi connectivity index (χ1n) is 4.78. The van der Waals surface area contributed by atoms with Gasteiger partial charge < -0.3 is 16.2 Å². The van der Waals surface area contributed by atoms with E-state index < -0.39 is 0 Å². The second-order valence-corrected chi connectivity index (χ2v) is 4.34. The first-order chi connectivity index (χ1) is 7.15. The molecule has 6 heteroatoms. The highest BCUT2D eigenvalue weighted by atomic mass is 35.5. The normalized spacial score (nSPS) is 17.5. The van der Waals surface area contributed by atoms with Gasteiger partial charge in [0.1, 0.15) is 10.8 Å². The van der Waals surface area contributed by atoms with Crippen LogP contribution in [0.25, 0.3) is 0 Å². The highest BCUT2D eigenvalue weighted by molar-refractivity contribution is 6.32. The number of aliphatic hydroxyl groups excluding tert-OH is 1. The molecule has 0 aliphatic heterocycles. The Morgan fingerprint density at radius 1 is 1.60 bits per heavy atom. The minimum atomic E-state index is 0.0169. The van der Waals surface area contributed by atoms with E-state index in [2.05, 4.69) is 15.3 Å². The maximum absolute atomic E-state index is 9.13. The van der Waals surface area contributed by atoms with Crippen LogP contribution in [0.1, 0.15) is 12.8 Å². The molecular weight excluding hydrogens is 216 g/mol. The molecule has 0 unspecified atom stereocenters. The number of nitrogens with zero attached hydrogens (tertiary/aromatic N) is 2. The molecule has 1 heterocycles. The Bertz CT molecular complexity index is 367. The van der Waals surface area contributed by atoms with Gasteiger partial charge in [0.15, 0.2) is 0 Å². The summed E-state index contributed by atoms with van der Waals surface area (Å²) in [6.45, 7) is 0.859. The van der Waals surface area contributed by atoms with E-state index in [4.69, 9.17) is 22.4 Å². The van der Waals surface area contributed by atoms with Crippen LogP contribution in [0, 0.1) is 5.41 Å². The van der Waals surface area contributed by atoms with E-state index in [1.165, 1.54) is 6.20 Å². The first kappa shape index (κ1) is 10.4. The average Bonchev–Trinajstić information content (AvgIpc) is 3.00. The van der Waals surface area contributed by atoms with Gasteiger partial charge in [-0.25, -0.2) is 4.98 Å². The van der Waals surface area contributed by atoms with Gasteiger partial charge in [-0.1, -0.05) is 11.6 Å². The summed E-state index contributed by atoms with van der Waals surface area (Å²) in [6.07, 6.45) is 3.54. The van der Waals surface area contributed by atoms with Gasteiger partial charge >= 0.3 is 0 Å². The summed E-state index contributed by atoms with van der Waals surface area (Å²) in [5.41, 5.74) is 5.46. The Kier molecular flexibility index (Phi) is 2.67. The number of hydrogen-bond acceptors (Lipinski definition) is 5. The highest BCUT2D eigenvalue weighted by Crippen LogP contribution is 2.45. The van der Waals surface area contributed by atoms with Crippen molar-refractivity contribution < 1.29 is 5.11 Å². The molecule has 0 amide bonds. The SMILES string of the molecule is Nc1ncc(Cl)c(NCC2(CO)CC2)n1. The minimum Gasteiger partial charge on any atom is -0.396 e. The van der Waals surface area contributed by atoms with Gasteiger partial charge in [0.05, 0.1) is 12.8 Å². The Morgan fingerprint density at radius 2 is 2.33 bits per heavy atom. The van der Waals surface area contributed by atoms with Gasteiger partial charge in [-0.2, -0.15) is 4.98 Å². The molecule has 0 bridgehead atoms. The molecule has 2 rings (SSSR count). The van der Waals surface area contributed by atoms with Crippen LogP contribution in [-0.4, -0.2) is 28.2 Å². The third-order valence-corrected chi connectivity index (χ3v) is 2.96. The lowest BCUT2D eigenvalue weighted by molar-refractivity contribution is 0.219. The zero-order chi connectivity index (χ0) is 10.9. The van der Waals surface area contributed by atoms with Crippen LogP contribution in [0.15, 0.2) is 6.20 Å². The molecule has 1 saturated carbocycles. The molecular formula is C9H13ClN4O. The van der Waals surface area contributed by atoms with Gasteiger partial charge in [0.25, 0.3) is 0 Å². The molecule has 1 aliphatic rings. The molecule has 0 spiro atoms. The molecule has 4 N–H and O–H groups in total. The van der Waals surface area contributed by atoms with Gasteiger partial charge in [-0.15, -0.1) is 0 Å². The van der Waals surface area contributed by atoms with Crippen molar-refractivity contribution in [3.63, 3.8) is 0 Å². The first-order valence-corrected chi connectivity index (χ1v) is 5.16. The molecule has 0 radical (unpaired) electrons. The van der Waals surface area contributed by atoms with Crippen LogP contribution in [0.3, 0.4) is 0 Å². The predicted molar refractivity (Wildman–Crippen MR) is 58.7 cm³/mol. The number of aromatic nitrogens is 2. The van der Waals surface area contributed by atoms with E-state index in [-0.39, 0.29) is 18.0 Å². The fraction of sp³-hybridized carbons (Fsp3) is 0.556. The molecule has 1 aromatic heterocycles. The van der Waals surface area contributed by atoms with Crippen molar-refractivity contribution in [3.05, 3.63) is 11.2 Å². The van der Waals surface area contributed by atoms with E-state index in [0.29, 0.717) is 17.4 Å². The van der Waals surface area contributed by atoms with Crippen molar-refractivity contribution >= 4 is 23.4 Å². The summed E-state index contributed by atoms with van der Waals surface area (Å²) in [7, 11) is 0. The topological polar surface area (TPSA) is 84.1 Å². The van der Waals surface area contributed by atoms with Crippen LogP contribution in [0.4, 0.5) is 11.8 Å². The van der Waals surface area contributed by atoms with Crippen molar-refractivity contribution in [1.29, 1.82) is 0 Å². The number of anilines is 2. The van der Waals surface area contributed by atoms with Crippen molar-refractivity contribution in [1.82, 2.24) is 9.97 Å².